The summed E-state index contributed by atoms with van der Waals surface area (Å²) in [5.41, 5.74) is 1.14. The van der Waals surface area contributed by atoms with E-state index in [0.29, 0.717) is 0 Å². The summed E-state index contributed by atoms with van der Waals surface area (Å²) < 4.78 is 3.96. The number of hydrogen-bond acceptors (Lipinski definition) is 5. The van der Waals surface area contributed by atoms with Gasteiger partial charge in [-0.2, -0.15) is 0 Å². The van der Waals surface area contributed by atoms with Gasteiger partial charge in [-0.3, -0.25) is 0 Å². The van der Waals surface area contributed by atoms with Gasteiger partial charge in [-0.05, 0) is 31.5 Å². The van der Waals surface area contributed by atoms with Crippen LogP contribution in [0.5, 0.6) is 0 Å². The molecule has 4 nitrogen and oxygen atoms in total. The van der Waals surface area contributed by atoms with E-state index >= 15 is 0 Å². The first-order chi connectivity index (χ1) is 7.27. The number of aromatic nitrogens is 2. The topological polar surface area (TPSA) is 41.1 Å². The molecule has 1 heterocycles. The van der Waals surface area contributed by atoms with E-state index < -0.39 is 0 Å². The summed E-state index contributed by atoms with van der Waals surface area (Å²) in [7, 11) is 2.13. The summed E-state index contributed by atoms with van der Waals surface area (Å²) in [4.78, 5) is 3.57. The lowest BCUT2D eigenvalue weighted by atomic mass is 10.3. The van der Waals surface area contributed by atoms with Crippen LogP contribution >= 0.6 is 11.5 Å². The van der Waals surface area contributed by atoms with Crippen molar-refractivity contribution in [3.63, 3.8) is 0 Å². The Morgan fingerprint density at radius 1 is 1.40 bits per heavy atom. The Balaban J connectivity index is 2.20. The molecule has 0 amide bonds. The molecule has 0 aliphatic heterocycles. The van der Waals surface area contributed by atoms with Gasteiger partial charge in [0.15, 0.2) is 0 Å². The fourth-order valence-corrected chi connectivity index (χ4v) is 1.95. The molecule has 1 aromatic rings. The van der Waals surface area contributed by atoms with Gasteiger partial charge in [-0.25, -0.2) is 0 Å². The summed E-state index contributed by atoms with van der Waals surface area (Å²) in [6.45, 7) is 8.39. The third kappa shape index (κ3) is 4.24. The van der Waals surface area contributed by atoms with Gasteiger partial charge in [-0.15, -0.1) is 5.10 Å². The van der Waals surface area contributed by atoms with Crippen LogP contribution < -0.4 is 5.32 Å². The predicted octanol–water partition coefficient (Wildman–Crippen LogP) is 1.14. The highest BCUT2D eigenvalue weighted by atomic mass is 32.1. The van der Waals surface area contributed by atoms with E-state index in [1.807, 2.05) is 0 Å². The van der Waals surface area contributed by atoms with E-state index in [0.717, 1.165) is 38.3 Å². The van der Waals surface area contributed by atoms with Gasteiger partial charge in [0, 0.05) is 19.6 Å². The Morgan fingerprint density at radius 3 is 2.87 bits per heavy atom. The zero-order chi connectivity index (χ0) is 11.1. The van der Waals surface area contributed by atoms with Crippen molar-refractivity contribution < 1.29 is 0 Å². The highest BCUT2D eigenvalue weighted by molar-refractivity contribution is 7.05. The molecule has 0 saturated heterocycles. The Hall–Kier alpha value is -0.520. The Morgan fingerprint density at radius 2 is 2.20 bits per heavy atom. The smallest absolute Gasteiger partial charge is 0.0797 e. The van der Waals surface area contributed by atoms with Gasteiger partial charge in [-0.1, -0.05) is 18.3 Å². The second kappa shape index (κ2) is 6.87. The average Bonchev–Trinajstić information content (AvgIpc) is 2.71. The van der Waals surface area contributed by atoms with E-state index in [1.54, 1.807) is 0 Å². The van der Waals surface area contributed by atoms with Crippen LogP contribution in [-0.2, 0) is 13.0 Å². The highest BCUT2D eigenvalue weighted by Crippen LogP contribution is 2.09. The van der Waals surface area contributed by atoms with E-state index in [9.17, 15) is 0 Å². The van der Waals surface area contributed by atoms with Crippen LogP contribution in [0.4, 0.5) is 0 Å². The third-order valence-corrected chi connectivity index (χ3v) is 3.23. The number of nitrogens with zero attached hydrogens (tertiary/aromatic N) is 3. The standard InChI is InChI=1S/C10H20N4S/c1-4-9-10(15-13-12-9)8-11-6-7-14(3)5-2/h11H,4-8H2,1-3H3. The maximum Gasteiger partial charge on any atom is 0.0797 e. The van der Waals surface area contributed by atoms with Crippen LogP contribution in [0.2, 0.25) is 0 Å². The van der Waals surface area contributed by atoms with Crippen LogP contribution in [0.1, 0.15) is 24.4 Å². The lowest BCUT2D eigenvalue weighted by Gasteiger charge is -2.13. The molecule has 5 heteroatoms. The second-order valence-corrected chi connectivity index (χ2v) is 4.41. The van der Waals surface area contributed by atoms with Gasteiger partial charge in [0.25, 0.3) is 0 Å². The molecule has 1 N–H and O–H groups in total. The van der Waals surface area contributed by atoms with Crippen LogP contribution in [-0.4, -0.2) is 41.2 Å². The summed E-state index contributed by atoms with van der Waals surface area (Å²) in [5, 5.41) is 7.50. The molecule has 15 heavy (non-hydrogen) atoms. The minimum Gasteiger partial charge on any atom is -0.310 e. The molecular weight excluding hydrogens is 208 g/mol. The summed E-state index contributed by atoms with van der Waals surface area (Å²) in [6.07, 6.45) is 0.975. The van der Waals surface area contributed by atoms with Crippen LogP contribution in [0, 0.1) is 0 Å². The maximum atomic E-state index is 4.08. The normalized spacial score (nSPS) is 11.2. The lowest BCUT2D eigenvalue weighted by molar-refractivity contribution is 0.349. The number of rotatable bonds is 7. The number of likely N-dealkylation sites (N-methyl/N-ethyl adjacent to an activating group) is 1. The van der Waals surface area contributed by atoms with Crippen molar-refractivity contribution in [1.29, 1.82) is 0 Å². The second-order valence-electron chi connectivity index (χ2n) is 3.57. The molecule has 0 saturated carbocycles. The fraction of sp³-hybridized carbons (Fsp3) is 0.800. The average molecular weight is 228 g/mol. The molecule has 0 spiro atoms. The molecule has 1 rings (SSSR count). The first kappa shape index (κ1) is 12.5. The Kier molecular flexibility index (Phi) is 5.75. The number of aryl methyl sites for hydroxylation is 1. The zero-order valence-electron chi connectivity index (χ0n) is 9.79. The largest absolute Gasteiger partial charge is 0.310 e. The van der Waals surface area contributed by atoms with Gasteiger partial charge in [0.05, 0.1) is 10.6 Å². The van der Waals surface area contributed by atoms with Crippen molar-refractivity contribution in [1.82, 2.24) is 19.8 Å². The first-order valence-corrected chi connectivity index (χ1v) is 6.24. The molecule has 0 atom stereocenters. The molecule has 0 aromatic carbocycles. The minimum absolute atomic E-state index is 0.901. The highest BCUT2D eigenvalue weighted by Gasteiger charge is 2.04. The van der Waals surface area contributed by atoms with E-state index in [4.69, 9.17) is 0 Å². The summed E-state index contributed by atoms with van der Waals surface area (Å²) in [5.74, 6) is 0. The quantitative estimate of drug-likeness (QED) is 0.711. The summed E-state index contributed by atoms with van der Waals surface area (Å²) >= 11 is 1.50. The van der Waals surface area contributed by atoms with E-state index in [2.05, 4.69) is 40.7 Å². The molecule has 0 radical (unpaired) electrons. The van der Waals surface area contributed by atoms with Gasteiger partial charge in [0.1, 0.15) is 0 Å². The molecule has 1 aromatic heterocycles. The predicted molar refractivity (Wildman–Crippen MR) is 64.2 cm³/mol. The third-order valence-electron chi connectivity index (χ3n) is 2.47. The first-order valence-electron chi connectivity index (χ1n) is 5.47. The molecular formula is C10H20N4S. The molecule has 0 aliphatic rings. The van der Waals surface area contributed by atoms with Crippen LogP contribution in [0.3, 0.4) is 0 Å². The van der Waals surface area contributed by atoms with Crippen LogP contribution in [0.15, 0.2) is 0 Å². The summed E-state index contributed by atoms with van der Waals surface area (Å²) in [6, 6.07) is 0. The van der Waals surface area contributed by atoms with Crippen molar-refractivity contribution in [2.45, 2.75) is 26.8 Å². The minimum atomic E-state index is 0.901. The van der Waals surface area contributed by atoms with E-state index in [1.165, 1.54) is 16.4 Å². The lowest BCUT2D eigenvalue weighted by Crippen LogP contribution is -2.28. The molecule has 0 unspecified atom stereocenters. The van der Waals surface area contributed by atoms with Crippen molar-refractivity contribution in [3.05, 3.63) is 10.6 Å². The van der Waals surface area contributed by atoms with Crippen LogP contribution in [0.25, 0.3) is 0 Å². The molecule has 0 fully saturated rings. The van der Waals surface area contributed by atoms with Crippen molar-refractivity contribution in [3.8, 4) is 0 Å². The van der Waals surface area contributed by atoms with Gasteiger partial charge in [0.2, 0.25) is 0 Å². The maximum absolute atomic E-state index is 4.08. The van der Waals surface area contributed by atoms with Crippen molar-refractivity contribution in [2.24, 2.45) is 0 Å². The fourth-order valence-electron chi connectivity index (χ4n) is 1.26. The van der Waals surface area contributed by atoms with Crippen molar-refractivity contribution >= 4 is 11.5 Å². The van der Waals surface area contributed by atoms with Gasteiger partial charge >= 0.3 is 0 Å². The number of hydrogen-bond donors (Lipinski definition) is 1. The molecule has 86 valence electrons. The Labute approximate surface area is 95.8 Å². The van der Waals surface area contributed by atoms with Crippen molar-refractivity contribution in [2.75, 3.05) is 26.7 Å². The molecule has 0 aliphatic carbocycles. The zero-order valence-corrected chi connectivity index (χ0v) is 10.6. The van der Waals surface area contributed by atoms with E-state index in [-0.39, 0.29) is 0 Å². The monoisotopic (exact) mass is 228 g/mol. The Bertz CT molecular complexity index is 274. The number of nitrogens with one attached hydrogen (secondary N) is 1. The molecule has 0 bridgehead atoms. The van der Waals surface area contributed by atoms with Gasteiger partial charge < -0.3 is 10.2 Å². The SMILES string of the molecule is CCc1nnsc1CNCCN(C)CC.